The number of nitrogens with one attached hydrogen (secondary N) is 2. The van der Waals surface area contributed by atoms with Gasteiger partial charge in [0.25, 0.3) is 0 Å². The Balaban J connectivity index is 1.66. The number of aryl methyl sites for hydroxylation is 1. The number of anilines is 1. The van der Waals surface area contributed by atoms with E-state index in [0.29, 0.717) is 0 Å². The highest BCUT2D eigenvalue weighted by Crippen LogP contribution is 2.17. The van der Waals surface area contributed by atoms with Gasteiger partial charge in [0, 0.05) is 38.9 Å². The summed E-state index contributed by atoms with van der Waals surface area (Å²) in [5.74, 6) is 0. The van der Waals surface area contributed by atoms with Gasteiger partial charge in [-0.25, -0.2) is 4.98 Å². The highest BCUT2D eigenvalue weighted by atomic mass is 15.3. The first-order chi connectivity index (χ1) is 8.83. The fourth-order valence-electron chi connectivity index (χ4n) is 2.32. The van der Waals surface area contributed by atoms with Crippen LogP contribution in [0.4, 0.5) is 5.69 Å². The molecular formula is C13H19N5. The minimum atomic E-state index is 0.903. The minimum Gasteiger partial charge on any atom is -0.372 e. The number of fused-ring (bicyclic) bond motifs is 1. The molecule has 1 aliphatic heterocycles. The Kier molecular flexibility index (Phi) is 3.17. The Hall–Kier alpha value is -1.59. The lowest BCUT2D eigenvalue weighted by molar-refractivity contribution is 0.256. The lowest BCUT2D eigenvalue weighted by Crippen LogP contribution is -2.45. The summed E-state index contributed by atoms with van der Waals surface area (Å²) in [5, 5.41) is 6.82. The van der Waals surface area contributed by atoms with Crippen molar-refractivity contribution in [2.45, 2.75) is 0 Å². The summed E-state index contributed by atoms with van der Waals surface area (Å²) in [6, 6.07) is 6.34. The van der Waals surface area contributed by atoms with E-state index in [1.807, 2.05) is 17.9 Å². The quantitative estimate of drug-likeness (QED) is 0.841. The zero-order chi connectivity index (χ0) is 12.4. The summed E-state index contributed by atoms with van der Waals surface area (Å²) < 4.78 is 2.04. The number of rotatable bonds is 3. The van der Waals surface area contributed by atoms with Gasteiger partial charge < -0.3 is 15.2 Å². The number of benzene rings is 1. The van der Waals surface area contributed by atoms with Crippen molar-refractivity contribution in [3.8, 4) is 0 Å². The van der Waals surface area contributed by atoms with E-state index in [9.17, 15) is 0 Å². The van der Waals surface area contributed by atoms with Gasteiger partial charge in [0.05, 0.1) is 24.0 Å². The lowest BCUT2D eigenvalue weighted by Gasteiger charge is -2.27. The van der Waals surface area contributed by atoms with Gasteiger partial charge in [-0.1, -0.05) is 0 Å². The summed E-state index contributed by atoms with van der Waals surface area (Å²) in [4.78, 5) is 6.79. The van der Waals surface area contributed by atoms with Crippen LogP contribution in [0.2, 0.25) is 0 Å². The predicted octanol–water partition coefficient (Wildman–Crippen LogP) is 0.848. The zero-order valence-electron chi connectivity index (χ0n) is 10.7. The van der Waals surface area contributed by atoms with Crippen LogP contribution in [0.5, 0.6) is 0 Å². The van der Waals surface area contributed by atoms with Gasteiger partial charge >= 0.3 is 0 Å². The Bertz CT molecular complexity index is 527. The summed E-state index contributed by atoms with van der Waals surface area (Å²) >= 11 is 0. The summed E-state index contributed by atoms with van der Waals surface area (Å²) in [6.07, 6.45) is 1.85. The maximum atomic E-state index is 4.37. The Morgan fingerprint density at radius 3 is 3.00 bits per heavy atom. The number of piperazine rings is 1. The first-order valence-corrected chi connectivity index (χ1v) is 6.41. The molecule has 2 heterocycles. The van der Waals surface area contributed by atoms with Crippen molar-refractivity contribution in [3.63, 3.8) is 0 Å². The third kappa shape index (κ3) is 2.32. The molecule has 18 heavy (non-hydrogen) atoms. The molecule has 96 valence electrons. The second kappa shape index (κ2) is 4.96. The second-order valence-electron chi connectivity index (χ2n) is 4.76. The molecule has 5 heteroatoms. The van der Waals surface area contributed by atoms with Gasteiger partial charge in [0.2, 0.25) is 0 Å². The van der Waals surface area contributed by atoms with Crippen molar-refractivity contribution in [3.05, 3.63) is 24.5 Å². The predicted molar refractivity (Wildman–Crippen MR) is 73.6 cm³/mol. The molecule has 0 bridgehead atoms. The number of imidazole rings is 1. The minimum absolute atomic E-state index is 0.903. The molecule has 0 unspecified atom stereocenters. The average Bonchev–Trinajstić information content (AvgIpc) is 2.79. The van der Waals surface area contributed by atoms with Crippen LogP contribution in [-0.4, -0.2) is 47.3 Å². The normalized spacial score (nSPS) is 17.2. The summed E-state index contributed by atoms with van der Waals surface area (Å²) in [7, 11) is 2.02. The van der Waals surface area contributed by atoms with E-state index in [4.69, 9.17) is 0 Å². The molecule has 0 amide bonds. The maximum absolute atomic E-state index is 4.37. The van der Waals surface area contributed by atoms with Gasteiger partial charge in [-0.05, 0) is 18.2 Å². The molecule has 0 atom stereocenters. The molecule has 0 saturated carbocycles. The molecule has 0 aliphatic carbocycles. The van der Waals surface area contributed by atoms with Crippen LogP contribution in [0.15, 0.2) is 24.5 Å². The van der Waals surface area contributed by atoms with Gasteiger partial charge in [-0.2, -0.15) is 0 Å². The van der Waals surface area contributed by atoms with E-state index in [1.165, 1.54) is 5.52 Å². The molecule has 3 rings (SSSR count). The standard InChI is InChI=1S/C13H19N5/c1-17-9-16-12-8-11(2-3-13(12)17)15-10-18-6-4-14-5-7-18/h2-3,8-9,14-15H,4-7,10H2,1H3. The molecule has 1 fully saturated rings. The molecule has 2 aromatic rings. The van der Waals surface area contributed by atoms with Gasteiger partial charge in [-0.15, -0.1) is 0 Å². The van der Waals surface area contributed by atoms with Crippen LogP contribution in [0, 0.1) is 0 Å². The molecule has 0 spiro atoms. The van der Waals surface area contributed by atoms with Crippen LogP contribution in [-0.2, 0) is 7.05 Å². The molecule has 1 saturated heterocycles. The van der Waals surface area contributed by atoms with Gasteiger partial charge in [-0.3, -0.25) is 4.90 Å². The van der Waals surface area contributed by atoms with Crippen molar-refractivity contribution < 1.29 is 0 Å². The molecular weight excluding hydrogens is 226 g/mol. The number of hydrogen-bond donors (Lipinski definition) is 2. The molecule has 5 nitrogen and oxygen atoms in total. The third-order valence-corrected chi connectivity index (χ3v) is 3.44. The first kappa shape index (κ1) is 11.5. The topological polar surface area (TPSA) is 45.1 Å². The zero-order valence-corrected chi connectivity index (χ0v) is 10.7. The number of nitrogens with zero attached hydrogens (tertiary/aromatic N) is 3. The molecule has 1 aromatic carbocycles. The maximum Gasteiger partial charge on any atom is 0.0955 e. The van der Waals surface area contributed by atoms with Crippen LogP contribution >= 0.6 is 0 Å². The van der Waals surface area contributed by atoms with E-state index in [-0.39, 0.29) is 0 Å². The van der Waals surface area contributed by atoms with Gasteiger partial charge in [0.1, 0.15) is 0 Å². The largest absolute Gasteiger partial charge is 0.372 e. The fraction of sp³-hybridized carbons (Fsp3) is 0.462. The van der Waals surface area contributed by atoms with E-state index in [0.717, 1.165) is 44.1 Å². The smallest absolute Gasteiger partial charge is 0.0955 e. The van der Waals surface area contributed by atoms with E-state index < -0.39 is 0 Å². The SMILES string of the molecule is Cn1cnc2cc(NCN3CCNCC3)ccc21. The van der Waals surface area contributed by atoms with E-state index >= 15 is 0 Å². The third-order valence-electron chi connectivity index (χ3n) is 3.44. The Labute approximate surface area is 107 Å². The monoisotopic (exact) mass is 245 g/mol. The van der Waals surface area contributed by atoms with Crippen molar-refractivity contribution in [2.75, 3.05) is 38.2 Å². The molecule has 1 aromatic heterocycles. The van der Waals surface area contributed by atoms with Crippen LogP contribution < -0.4 is 10.6 Å². The molecule has 2 N–H and O–H groups in total. The summed E-state index contributed by atoms with van der Waals surface area (Å²) in [5.41, 5.74) is 3.35. The second-order valence-corrected chi connectivity index (χ2v) is 4.76. The van der Waals surface area contributed by atoms with Crippen LogP contribution in [0.1, 0.15) is 0 Å². The highest BCUT2D eigenvalue weighted by molar-refractivity contribution is 5.79. The number of hydrogen-bond acceptors (Lipinski definition) is 4. The molecule has 1 aliphatic rings. The lowest BCUT2D eigenvalue weighted by atomic mass is 10.2. The van der Waals surface area contributed by atoms with E-state index in [1.54, 1.807) is 0 Å². The van der Waals surface area contributed by atoms with Crippen LogP contribution in [0.25, 0.3) is 11.0 Å². The van der Waals surface area contributed by atoms with Crippen molar-refractivity contribution in [2.24, 2.45) is 7.05 Å². The summed E-state index contributed by atoms with van der Waals surface area (Å²) in [6.45, 7) is 5.29. The Morgan fingerprint density at radius 2 is 2.17 bits per heavy atom. The Morgan fingerprint density at radius 1 is 1.33 bits per heavy atom. The van der Waals surface area contributed by atoms with Crippen molar-refractivity contribution >= 4 is 16.7 Å². The van der Waals surface area contributed by atoms with Crippen LogP contribution in [0.3, 0.4) is 0 Å². The van der Waals surface area contributed by atoms with Gasteiger partial charge in [0.15, 0.2) is 0 Å². The van der Waals surface area contributed by atoms with Crippen molar-refractivity contribution in [1.29, 1.82) is 0 Å². The highest BCUT2D eigenvalue weighted by Gasteiger charge is 2.08. The molecule has 0 radical (unpaired) electrons. The van der Waals surface area contributed by atoms with Crippen molar-refractivity contribution in [1.82, 2.24) is 19.8 Å². The average molecular weight is 245 g/mol. The first-order valence-electron chi connectivity index (χ1n) is 6.41. The number of aromatic nitrogens is 2. The van der Waals surface area contributed by atoms with E-state index in [2.05, 4.69) is 38.7 Å². The fourth-order valence-corrected chi connectivity index (χ4v) is 2.32.